The van der Waals surface area contributed by atoms with Crippen LogP contribution >= 0.6 is 31.9 Å². The van der Waals surface area contributed by atoms with Crippen molar-refractivity contribution < 1.29 is 19.1 Å². The molecule has 0 radical (unpaired) electrons. The van der Waals surface area contributed by atoms with Gasteiger partial charge in [0, 0.05) is 24.1 Å². The summed E-state index contributed by atoms with van der Waals surface area (Å²) >= 11 is 6.77. The van der Waals surface area contributed by atoms with E-state index in [4.69, 9.17) is 4.74 Å². The van der Waals surface area contributed by atoms with Crippen LogP contribution in [-0.2, 0) is 9.59 Å². The van der Waals surface area contributed by atoms with E-state index in [1.165, 1.54) is 20.2 Å². The summed E-state index contributed by atoms with van der Waals surface area (Å²) in [5, 5.41) is 0. The summed E-state index contributed by atoms with van der Waals surface area (Å²) in [7, 11) is 2.67. The van der Waals surface area contributed by atoms with Crippen molar-refractivity contribution in [1.29, 1.82) is 0 Å². The third-order valence-corrected chi connectivity index (χ3v) is 4.32. The summed E-state index contributed by atoms with van der Waals surface area (Å²) in [6.07, 6.45) is 1.44. The number of hydrogen-bond acceptors (Lipinski definition) is 4. The van der Waals surface area contributed by atoms with E-state index in [1.807, 2.05) is 6.92 Å². The smallest absolute Gasteiger partial charge is 0.333 e. The van der Waals surface area contributed by atoms with E-state index in [1.54, 1.807) is 12.1 Å². The van der Waals surface area contributed by atoms with Crippen molar-refractivity contribution in [2.24, 2.45) is 0 Å². The normalized spacial score (nSPS) is 15.3. The number of barbiturate groups is 1. The molecule has 8 heteroatoms. The Morgan fingerprint density at radius 1 is 1.09 bits per heavy atom. The number of carbonyl (C=O) groups is 3. The molecule has 0 atom stereocenters. The van der Waals surface area contributed by atoms with Gasteiger partial charge < -0.3 is 4.74 Å². The maximum absolute atomic E-state index is 12.3. The minimum absolute atomic E-state index is 0.0967. The van der Waals surface area contributed by atoms with Crippen molar-refractivity contribution in [2.45, 2.75) is 6.92 Å². The highest BCUT2D eigenvalue weighted by molar-refractivity contribution is 9.11. The Morgan fingerprint density at radius 2 is 1.65 bits per heavy atom. The number of rotatable bonds is 3. The molecule has 6 nitrogen and oxygen atoms in total. The molecule has 0 N–H and O–H groups in total. The summed E-state index contributed by atoms with van der Waals surface area (Å²) in [5.41, 5.74) is 0.460. The number of ether oxygens (including phenoxy) is 1. The molecule has 0 bridgehead atoms. The Bertz CT molecular complexity index is 704. The number of amides is 4. The molecule has 0 spiro atoms. The zero-order valence-electron chi connectivity index (χ0n) is 12.7. The largest absolute Gasteiger partial charge is 0.492 e. The van der Waals surface area contributed by atoms with Crippen LogP contribution in [0.2, 0.25) is 0 Å². The number of hydrogen-bond donors (Lipinski definition) is 0. The summed E-state index contributed by atoms with van der Waals surface area (Å²) in [5.74, 6) is -0.765. The van der Waals surface area contributed by atoms with Crippen LogP contribution in [0, 0.1) is 0 Å². The van der Waals surface area contributed by atoms with E-state index in [9.17, 15) is 14.4 Å². The summed E-state index contributed by atoms with van der Waals surface area (Å²) in [6.45, 7) is 2.26. The van der Waals surface area contributed by atoms with Gasteiger partial charge in [0.2, 0.25) is 0 Å². The molecule has 0 aliphatic carbocycles. The Morgan fingerprint density at radius 3 is 2.17 bits per heavy atom. The number of imide groups is 2. The zero-order valence-corrected chi connectivity index (χ0v) is 15.9. The van der Waals surface area contributed by atoms with Crippen LogP contribution in [0.3, 0.4) is 0 Å². The van der Waals surface area contributed by atoms with Crippen molar-refractivity contribution in [3.63, 3.8) is 0 Å². The molecule has 1 aliphatic heterocycles. The molecule has 4 amide bonds. The van der Waals surface area contributed by atoms with Gasteiger partial charge in [-0.3, -0.25) is 19.4 Å². The quantitative estimate of drug-likeness (QED) is 0.529. The van der Waals surface area contributed by atoms with Gasteiger partial charge in [-0.1, -0.05) is 15.9 Å². The van der Waals surface area contributed by atoms with Crippen LogP contribution in [0.5, 0.6) is 5.75 Å². The van der Waals surface area contributed by atoms with E-state index >= 15 is 0 Å². The molecule has 1 aromatic carbocycles. The molecule has 1 heterocycles. The van der Waals surface area contributed by atoms with E-state index in [-0.39, 0.29) is 5.57 Å². The van der Waals surface area contributed by atoms with Gasteiger partial charge in [0.1, 0.15) is 11.3 Å². The predicted octanol–water partition coefficient (Wildman–Crippen LogP) is 3.04. The van der Waals surface area contributed by atoms with Crippen molar-refractivity contribution in [1.82, 2.24) is 9.80 Å². The van der Waals surface area contributed by atoms with E-state index < -0.39 is 17.8 Å². The van der Waals surface area contributed by atoms with Crippen molar-refractivity contribution in [2.75, 3.05) is 20.7 Å². The molecule has 1 fully saturated rings. The average molecular weight is 446 g/mol. The molecule has 0 aromatic heterocycles. The molecule has 2 rings (SSSR count). The predicted molar refractivity (Wildman–Crippen MR) is 91.9 cm³/mol. The Labute approximate surface area is 150 Å². The lowest BCUT2D eigenvalue weighted by Crippen LogP contribution is -2.52. The van der Waals surface area contributed by atoms with Crippen LogP contribution in [-0.4, -0.2) is 48.3 Å². The number of likely N-dealkylation sites (N-methyl/N-ethyl adjacent to an activating group) is 2. The zero-order chi connectivity index (χ0) is 17.3. The maximum Gasteiger partial charge on any atom is 0.333 e. The third kappa shape index (κ3) is 3.32. The van der Waals surface area contributed by atoms with Gasteiger partial charge in [-0.2, -0.15) is 0 Å². The summed E-state index contributed by atoms with van der Waals surface area (Å²) < 4.78 is 7.03. The van der Waals surface area contributed by atoms with Crippen molar-refractivity contribution >= 4 is 55.8 Å². The highest BCUT2D eigenvalue weighted by Gasteiger charge is 2.38. The fraction of sp³-hybridized carbons (Fsp3) is 0.267. The average Bonchev–Trinajstić information content (AvgIpc) is 2.50. The number of benzene rings is 1. The van der Waals surface area contributed by atoms with Gasteiger partial charge in [0.05, 0.1) is 11.1 Å². The second-order valence-electron chi connectivity index (χ2n) is 4.81. The Kier molecular flexibility index (Phi) is 5.26. The first-order valence-corrected chi connectivity index (χ1v) is 8.30. The van der Waals surface area contributed by atoms with Gasteiger partial charge in [-0.15, -0.1) is 0 Å². The standard InChI is InChI=1S/C15H14Br2N2O4/c1-4-23-12-8(5-9(16)7-11(12)17)6-10-13(20)18(2)15(22)19(3)14(10)21/h5-7H,4H2,1-3H3. The fourth-order valence-corrected chi connectivity index (χ4v) is 3.49. The second kappa shape index (κ2) is 6.84. The van der Waals surface area contributed by atoms with Crippen LogP contribution in [0.25, 0.3) is 6.08 Å². The summed E-state index contributed by atoms with van der Waals surface area (Å²) in [4.78, 5) is 38.1. The first kappa shape index (κ1) is 17.7. The lowest BCUT2D eigenvalue weighted by molar-refractivity contribution is -0.134. The fourth-order valence-electron chi connectivity index (χ4n) is 2.11. The molecular formula is C15H14Br2N2O4. The van der Waals surface area contributed by atoms with Crippen LogP contribution in [0.1, 0.15) is 12.5 Å². The lowest BCUT2D eigenvalue weighted by Gasteiger charge is -2.29. The number of urea groups is 1. The maximum atomic E-state index is 12.3. The Hall–Kier alpha value is -1.67. The highest BCUT2D eigenvalue weighted by atomic mass is 79.9. The first-order chi connectivity index (χ1) is 10.8. The molecule has 1 saturated heterocycles. The number of carbonyl (C=O) groups excluding carboxylic acids is 3. The topological polar surface area (TPSA) is 66.9 Å². The molecular weight excluding hydrogens is 432 g/mol. The van der Waals surface area contributed by atoms with Crippen molar-refractivity contribution in [3.8, 4) is 5.75 Å². The van der Waals surface area contributed by atoms with E-state index in [0.717, 1.165) is 14.3 Å². The van der Waals surface area contributed by atoms with E-state index in [0.29, 0.717) is 22.4 Å². The van der Waals surface area contributed by atoms with Crippen LogP contribution in [0.15, 0.2) is 26.7 Å². The molecule has 23 heavy (non-hydrogen) atoms. The Balaban J connectivity index is 2.58. The summed E-state index contributed by atoms with van der Waals surface area (Å²) in [6, 6.07) is 2.89. The highest BCUT2D eigenvalue weighted by Crippen LogP contribution is 2.35. The number of halogens is 2. The van der Waals surface area contributed by atoms with Gasteiger partial charge in [-0.25, -0.2) is 4.79 Å². The van der Waals surface area contributed by atoms with E-state index in [2.05, 4.69) is 31.9 Å². The molecule has 1 aromatic rings. The molecule has 122 valence electrons. The van der Waals surface area contributed by atoms with Crippen molar-refractivity contribution in [3.05, 3.63) is 32.2 Å². The third-order valence-electron chi connectivity index (χ3n) is 3.27. The van der Waals surface area contributed by atoms with Gasteiger partial charge in [0.15, 0.2) is 0 Å². The monoisotopic (exact) mass is 444 g/mol. The minimum atomic E-state index is -0.655. The van der Waals surface area contributed by atoms with Gasteiger partial charge in [0.25, 0.3) is 11.8 Å². The van der Waals surface area contributed by atoms with Crippen LogP contribution in [0.4, 0.5) is 4.79 Å². The van der Waals surface area contributed by atoms with Gasteiger partial charge >= 0.3 is 6.03 Å². The minimum Gasteiger partial charge on any atom is -0.492 e. The van der Waals surface area contributed by atoms with Gasteiger partial charge in [-0.05, 0) is 41.1 Å². The first-order valence-electron chi connectivity index (χ1n) is 6.71. The second-order valence-corrected chi connectivity index (χ2v) is 6.58. The molecule has 1 aliphatic rings. The lowest BCUT2D eigenvalue weighted by atomic mass is 10.1. The molecule has 0 saturated carbocycles. The molecule has 0 unspecified atom stereocenters. The van der Waals surface area contributed by atoms with Crippen LogP contribution < -0.4 is 4.74 Å². The number of nitrogens with zero attached hydrogens (tertiary/aromatic N) is 2. The SMILES string of the molecule is CCOc1c(Br)cc(Br)cc1C=C1C(=O)N(C)C(=O)N(C)C1=O.